The number of hydrogen-bond acceptors (Lipinski definition) is 3. The molecule has 88 valence electrons. The molecule has 1 atom stereocenters. The second kappa shape index (κ2) is 3.75. The largest absolute Gasteiger partial charge is 0.496 e. The molecule has 1 aromatic carbocycles. The summed E-state index contributed by atoms with van der Waals surface area (Å²) in [5, 5.41) is 10.2. The van der Waals surface area contributed by atoms with Gasteiger partial charge in [-0.15, -0.1) is 0 Å². The van der Waals surface area contributed by atoms with Gasteiger partial charge in [0.2, 0.25) is 0 Å². The van der Waals surface area contributed by atoms with Crippen molar-refractivity contribution in [1.82, 2.24) is 0 Å². The number of nitrogens with two attached hydrogens (primary N) is 1. The van der Waals surface area contributed by atoms with Crippen LogP contribution in [0.5, 0.6) is 5.75 Å². The van der Waals surface area contributed by atoms with Crippen LogP contribution < -0.4 is 10.5 Å². The molecule has 0 amide bonds. The predicted molar refractivity (Wildman–Crippen MR) is 63.6 cm³/mol. The fraction of sp³-hybridized carbons (Fsp3) is 0.538. The Hall–Kier alpha value is -1.06. The van der Waals surface area contributed by atoms with Gasteiger partial charge < -0.3 is 15.6 Å². The highest BCUT2D eigenvalue weighted by atomic mass is 16.5. The van der Waals surface area contributed by atoms with E-state index in [0.717, 1.165) is 35.3 Å². The standard InChI is InChI=1S/C13H19NO2/c1-8-6-10(11(16-3)7-9(8)2)12(15)13(14)4-5-13/h6-7,12,15H,4-5,14H2,1-3H3. The second-order valence-corrected chi connectivity index (χ2v) is 4.81. The number of aliphatic hydroxyl groups excluding tert-OH is 1. The van der Waals surface area contributed by atoms with E-state index in [1.54, 1.807) is 7.11 Å². The van der Waals surface area contributed by atoms with E-state index >= 15 is 0 Å². The van der Waals surface area contributed by atoms with Crippen molar-refractivity contribution >= 4 is 0 Å². The Balaban J connectivity index is 2.42. The quantitative estimate of drug-likeness (QED) is 0.818. The maximum absolute atomic E-state index is 10.2. The summed E-state index contributed by atoms with van der Waals surface area (Å²) in [5.41, 5.74) is 8.72. The maximum atomic E-state index is 10.2. The van der Waals surface area contributed by atoms with Crippen LogP contribution in [0.25, 0.3) is 0 Å². The average molecular weight is 221 g/mol. The lowest BCUT2D eigenvalue weighted by Gasteiger charge is -2.21. The van der Waals surface area contributed by atoms with Crippen molar-refractivity contribution < 1.29 is 9.84 Å². The minimum atomic E-state index is -0.623. The summed E-state index contributed by atoms with van der Waals surface area (Å²) in [5.74, 6) is 0.729. The van der Waals surface area contributed by atoms with Crippen LogP contribution in [0.4, 0.5) is 0 Å². The molecule has 1 aliphatic carbocycles. The van der Waals surface area contributed by atoms with Gasteiger partial charge in [0.05, 0.1) is 7.11 Å². The SMILES string of the molecule is COc1cc(C)c(C)cc1C(O)C1(N)CC1. The molecule has 0 radical (unpaired) electrons. The highest BCUT2D eigenvalue weighted by Crippen LogP contribution is 2.46. The van der Waals surface area contributed by atoms with Crippen molar-refractivity contribution in [3.05, 3.63) is 28.8 Å². The molecule has 1 saturated carbocycles. The highest BCUT2D eigenvalue weighted by molar-refractivity contribution is 5.44. The molecule has 3 nitrogen and oxygen atoms in total. The highest BCUT2D eigenvalue weighted by Gasteiger charge is 2.46. The molecule has 0 heterocycles. The fourth-order valence-corrected chi connectivity index (χ4v) is 1.93. The summed E-state index contributed by atoms with van der Waals surface area (Å²) in [6.45, 7) is 4.06. The Morgan fingerprint density at radius 1 is 1.31 bits per heavy atom. The lowest BCUT2D eigenvalue weighted by molar-refractivity contribution is 0.132. The van der Waals surface area contributed by atoms with Gasteiger partial charge in [-0.05, 0) is 49.9 Å². The van der Waals surface area contributed by atoms with Crippen LogP contribution >= 0.6 is 0 Å². The van der Waals surface area contributed by atoms with Crippen molar-refractivity contribution in [1.29, 1.82) is 0 Å². The number of aliphatic hydroxyl groups is 1. The van der Waals surface area contributed by atoms with Crippen molar-refractivity contribution in [3.63, 3.8) is 0 Å². The molecule has 2 rings (SSSR count). The Labute approximate surface area is 96.2 Å². The molecule has 3 N–H and O–H groups in total. The molecule has 1 unspecified atom stereocenters. The molecule has 3 heteroatoms. The van der Waals surface area contributed by atoms with Crippen molar-refractivity contribution in [3.8, 4) is 5.75 Å². The van der Waals surface area contributed by atoms with Crippen LogP contribution in [0.3, 0.4) is 0 Å². The fourth-order valence-electron chi connectivity index (χ4n) is 1.93. The molecule has 1 aromatic rings. The van der Waals surface area contributed by atoms with Gasteiger partial charge in [0.25, 0.3) is 0 Å². The molecule has 0 bridgehead atoms. The van der Waals surface area contributed by atoms with Gasteiger partial charge in [-0.1, -0.05) is 0 Å². The van der Waals surface area contributed by atoms with Crippen molar-refractivity contribution in [2.75, 3.05) is 7.11 Å². The van der Waals surface area contributed by atoms with Crippen LogP contribution in [0, 0.1) is 13.8 Å². The van der Waals surface area contributed by atoms with E-state index in [0.29, 0.717) is 0 Å². The number of rotatable bonds is 3. The molecule has 1 fully saturated rings. The number of aryl methyl sites for hydroxylation is 2. The number of methoxy groups -OCH3 is 1. The Bertz CT molecular complexity index is 411. The van der Waals surface area contributed by atoms with Crippen LogP contribution in [0.1, 0.15) is 35.6 Å². The maximum Gasteiger partial charge on any atom is 0.125 e. The summed E-state index contributed by atoms with van der Waals surface area (Å²) in [4.78, 5) is 0. The Morgan fingerprint density at radius 3 is 2.38 bits per heavy atom. The summed E-state index contributed by atoms with van der Waals surface area (Å²) >= 11 is 0. The van der Waals surface area contributed by atoms with E-state index in [1.807, 2.05) is 26.0 Å². The first-order valence-corrected chi connectivity index (χ1v) is 5.60. The van der Waals surface area contributed by atoms with E-state index in [-0.39, 0.29) is 0 Å². The molecular formula is C13H19NO2. The third-order valence-electron chi connectivity index (χ3n) is 3.51. The molecule has 0 saturated heterocycles. The van der Waals surface area contributed by atoms with Crippen LogP contribution in [0.2, 0.25) is 0 Å². The zero-order chi connectivity index (χ0) is 11.9. The van der Waals surface area contributed by atoms with E-state index < -0.39 is 11.6 Å². The minimum Gasteiger partial charge on any atom is -0.496 e. The molecular weight excluding hydrogens is 202 g/mol. The molecule has 16 heavy (non-hydrogen) atoms. The first-order chi connectivity index (χ1) is 7.48. The Morgan fingerprint density at radius 2 is 1.88 bits per heavy atom. The van der Waals surface area contributed by atoms with Crippen LogP contribution in [-0.2, 0) is 0 Å². The number of hydrogen-bond donors (Lipinski definition) is 2. The normalized spacial score (nSPS) is 19.3. The van der Waals surface area contributed by atoms with Gasteiger partial charge >= 0.3 is 0 Å². The van der Waals surface area contributed by atoms with E-state index in [4.69, 9.17) is 10.5 Å². The topological polar surface area (TPSA) is 55.5 Å². The van der Waals surface area contributed by atoms with Gasteiger partial charge in [0.1, 0.15) is 11.9 Å². The van der Waals surface area contributed by atoms with Crippen molar-refractivity contribution in [2.45, 2.75) is 38.3 Å². The van der Waals surface area contributed by atoms with Gasteiger partial charge in [-0.3, -0.25) is 0 Å². The van der Waals surface area contributed by atoms with Crippen LogP contribution in [0.15, 0.2) is 12.1 Å². The average Bonchev–Trinajstić information content (AvgIpc) is 3.00. The summed E-state index contributed by atoms with van der Waals surface area (Å²) in [6.07, 6.45) is 1.14. The Kier molecular flexibility index (Phi) is 2.68. The molecule has 0 spiro atoms. The van der Waals surface area contributed by atoms with E-state index in [1.165, 1.54) is 0 Å². The molecule has 1 aliphatic rings. The van der Waals surface area contributed by atoms with Crippen molar-refractivity contribution in [2.24, 2.45) is 5.73 Å². The second-order valence-electron chi connectivity index (χ2n) is 4.81. The summed E-state index contributed by atoms with van der Waals surface area (Å²) in [7, 11) is 1.62. The zero-order valence-corrected chi connectivity index (χ0v) is 10.1. The van der Waals surface area contributed by atoms with Gasteiger partial charge in [0, 0.05) is 11.1 Å². The van der Waals surface area contributed by atoms with E-state index in [2.05, 4.69) is 0 Å². The lowest BCUT2D eigenvalue weighted by atomic mass is 9.96. The molecule has 0 aromatic heterocycles. The third-order valence-corrected chi connectivity index (χ3v) is 3.51. The summed E-state index contributed by atoms with van der Waals surface area (Å²) < 4.78 is 5.31. The number of ether oxygens (including phenoxy) is 1. The summed E-state index contributed by atoms with van der Waals surface area (Å²) in [6, 6.07) is 3.94. The minimum absolute atomic E-state index is 0.436. The van der Waals surface area contributed by atoms with Gasteiger partial charge in [0.15, 0.2) is 0 Å². The third kappa shape index (κ3) is 1.81. The van der Waals surface area contributed by atoms with Gasteiger partial charge in [-0.25, -0.2) is 0 Å². The lowest BCUT2D eigenvalue weighted by Crippen LogP contribution is -2.30. The number of benzene rings is 1. The monoisotopic (exact) mass is 221 g/mol. The van der Waals surface area contributed by atoms with E-state index in [9.17, 15) is 5.11 Å². The predicted octanol–water partition coefficient (Wildman–Crippen LogP) is 1.84. The van der Waals surface area contributed by atoms with Crippen LogP contribution in [-0.4, -0.2) is 17.8 Å². The first-order valence-electron chi connectivity index (χ1n) is 5.60. The first kappa shape index (κ1) is 11.4. The molecule has 0 aliphatic heterocycles. The smallest absolute Gasteiger partial charge is 0.125 e. The zero-order valence-electron chi connectivity index (χ0n) is 10.1. The van der Waals surface area contributed by atoms with Gasteiger partial charge in [-0.2, -0.15) is 0 Å².